The van der Waals surface area contributed by atoms with Crippen LogP contribution in [0.15, 0.2) is 24.3 Å². The van der Waals surface area contributed by atoms with Crippen molar-refractivity contribution in [1.82, 2.24) is 10.2 Å². The molecule has 0 aliphatic carbocycles. The lowest BCUT2D eigenvalue weighted by Gasteiger charge is -2.31. The number of piperidine rings is 1. The zero-order valence-electron chi connectivity index (χ0n) is 13.4. The summed E-state index contributed by atoms with van der Waals surface area (Å²) in [5.74, 6) is -1.08. The molecule has 0 aromatic heterocycles. The number of carboxylic acids is 1. The Morgan fingerprint density at radius 1 is 1.17 bits per heavy atom. The van der Waals surface area contributed by atoms with Gasteiger partial charge in [-0.1, -0.05) is 17.7 Å². The number of carboxylic acid groups (broad SMARTS) is 1. The van der Waals surface area contributed by atoms with Crippen LogP contribution < -0.4 is 10.2 Å². The van der Waals surface area contributed by atoms with E-state index in [1.54, 1.807) is 4.90 Å². The number of hydrogen-bond acceptors (Lipinski definition) is 3. The third kappa shape index (κ3) is 3.93. The maximum Gasteiger partial charge on any atom is 0.317 e. The number of anilines is 1. The van der Waals surface area contributed by atoms with E-state index in [0.29, 0.717) is 31.0 Å². The number of urea groups is 1. The monoisotopic (exact) mass is 351 g/mol. The molecule has 2 aliphatic heterocycles. The zero-order chi connectivity index (χ0) is 17.1. The van der Waals surface area contributed by atoms with Crippen molar-refractivity contribution >= 4 is 29.3 Å². The van der Waals surface area contributed by atoms with E-state index in [1.165, 1.54) is 0 Å². The van der Waals surface area contributed by atoms with E-state index < -0.39 is 5.97 Å². The predicted octanol–water partition coefficient (Wildman–Crippen LogP) is 2.42. The van der Waals surface area contributed by atoms with Crippen LogP contribution in [0.3, 0.4) is 0 Å². The number of rotatable bonds is 3. The molecule has 2 heterocycles. The Morgan fingerprint density at radius 3 is 2.58 bits per heavy atom. The smallest absolute Gasteiger partial charge is 0.317 e. The molecular weight excluding hydrogens is 330 g/mol. The lowest BCUT2D eigenvalue weighted by atomic mass is 9.97. The molecule has 24 heavy (non-hydrogen) atoms. The van der Waals surface area contributed by atoms with E-state index in [2.05, 4.69) is 10.2 Å². The highest BCUT2D eigenvalue weighted by Gasteiger charge is 2.30. The van der Waals surface area contributed by atoms with Crippen molar-refractivity contribution in [3.8, 4) is 0 Å². The summed E-state index contributed by atoms with van der Waals surface area (Å²) in [7, 11) is 0. The molecule has 2 fully saturated rings. The standard InChI is InChI=1S/C17H22ClN3O3/c18-13-2-1-3-15(10-13)21-9-6-14(11-21)19-17(24)20-7-4-12(5-8-20)16(22)23/h1-3,10,12,14H,4-9,11H2,(H,19,24)(H,22,23). The van der Waals surface area contributed by atoms with Crippen LogP contribution in [-0.4, -0.2) is 54.2 Å². The zero-order valence-corrected chi connectivity index (χ0v) is 14.2. The highest BCUT2D eigenvalue weighted by Crippen LogP contribution is 2.24. The SMILES string of the molecule is O=C(O)C1CCN(C(=O)NC2CCN(c3cccc(Cl)c3)C2)CC1. The van der Waals surface area contributed by atoms with E-state index in [1.807, 2.05) is 24.3 Å². The summed E-state index contributed by atoms with van der Waals surface area (Å²) in [5.41, 5.74) is 1.07. The van der Waals surface area contributed by atoms with Crippen molar-refractivity contribution in [3.05, 3.63) is 29.3 Å². The number of benzene rings is 1. The van der Waals surface area contributed by atoms with Crippen LogP contribution >= 0.6 is 11.6 Å². The lowest BCUT2D eigenvalue weighted by Crippen LogP contribution is -2.49. The largest absolute Gasteiger partial charge is 0.481 e. The summed E-state index contributed by atoms with van der Waals surface area (Å²) >= 11 is 6.03. The molecule has 3 rings (SSSR count). The topological polar surface area (TPSA) is 72.9 Å². The van der Waals surface area contributed by atoms with E-state index in [9.17, 15) is 9.59 Å². The van der Waals surface area contributed by atoms with Gasteiger partial charge in [0.05, 0.1) is 5.92 Å². The second kappa shape index (κ2) is 7.30. The van der Waals surface area contributed by atoms with Crippen LogP contribution in [0.2, 0.25) is 5.02 Å². The molecule has 2 aliphatic rings. The molecule has 7 heteroatoms. The third-order valence-corrected chi connectivity index (χ3v) is 5.06. The molecular formula is C17H22ClN3O3. The fourth-order valence-corrected chi connectivity index (χ4v) is 3.57. The van der Waals surface area contributed by atoms with Gasteiger partial charge in [-0.15, -0.1) is 0 Å². The van der Waals surface area contributed by atoms with Gasteiger partial charge in [-0.2, -0.15) is 0 Å². The first-order valence-corrected chi connectivity index (χ1v) is 8.69. The van der Waals surface area contributed by atoms with E-state index in [0.717, 1.165) is 25.2 Å². The van der Waals surface area contributed by atoms with Gasteiger partial charge >= 0.3 is 12.0 Å². The predicted molar refractivity (Wildman–Crippen MR) is 92.5 cm³/mol. The number of halogens is 1. The molecule has 1 aromatic carbocycles. The molecule has 2 saturated heterocycles. The van der Waals surface area contributed by atoms with Crippen molar-refractivity contribution in [2.24, 2.45) is 5.92 Å². The quantitative estimate of drug-likeness (QED) is 0.877. The molecule has 0 saturated carbocycles. The number of amides is 2. The Hall–Kier alpha value is -1.95. The Labute approximate surface area is 146 Å². The molecule has 0 radical (unpaired) electrons. The molecule has 6 nitrogen and oxygen atoms in total. The second-order valence-corrected chi connectivity index (χ2v) is 6.90. The maximum atomic E-state index is 12.4. The lowest BCUT2D eigenvalue weighted by molar-refractivity contribution is -0.143. The van der Waals surface area contributed by atoms with Crippen LogP contribution in [-0.2, 0) is 4.79 Å². The van der Waals surface area contributed by atoms with Crippen LogP contribution in [0.1, 0.15) is 19.3 Å². The summed E-state index contributed by atoms with van der Waals surface area (Å²) in [6.07, 6.45) is 1.95. The average Bonchev–Trinajstić information content (AvgIpc) is 3.03. The van der Waals surface area contributed by atoms with E-state index >= 15 is 0 Å². The Bertz CT molecular complexity index is 617. The third-order valence-electron chi connectivity index (χ3n) is 4.82. The highest BCUT2D eigenvalue weighted by atomic mass is 35.5. The van der Waals surface area contributed by atoms with Crippen molar-refractivity contribution in [2.75, 3.05) is 31.1 Å². The summed E-state index contributed by atoms with van der Waals surface area (Å²) in [4.78, 5) is 27.3. The first-order valence-electron chi connectivity index (χ1n) is 8.31. The van der Waals surface area contributed by atoms with Gasteiger partial charge in [-0.3, -0.25) is 4.79 Å². The molecule has 2 amide bonds. The summed E-state index contributed by atoms with van der Waals surface area (Å²) in [5, 5.41) is 12.8. The Kier molecular flexibility index (Phi) is 5.14. The molecule has 0 bridgehead atoms. The Morgan fingerprint density at radius 2 is 1.92 bits per heavy atom. The highest BCUT2D eigenvalue weighted by molar-refractivity contribution is 6.30. The number of hydrogen-bond donors (Lipinski definition) is 2. The average molecular weight is 352 g/mol. The minimum absolute atomic E-state index is 0.0863. The number of aliphatic carboxylic acids is 1. The molecule has 1 unspecified atom stereocenters. The van der Waals surface area contributed by atoms with Crippen molar-refractivity contribution in [3.63, 3.8) is 0 Å². The van der Waals surface area contributed by atoms with Gasteiger partial charge in [0.15, 0.2) is 0 Å². The van der Waals surface area contributed by atoms with Crippen molar-refractivity contribution < 1.29 is 14.7 Å². The summed E-state index contributed by atoms with van der Waals surface area (Å²) in [6.45, 7) is 2.66. The van der Waals surface area contributed by atoms with Crippen LogP contribution in [0.5, 0.6) is 0 Å². The second-order valence-electron chi connectivity index (χ2n) is 6.46. The Balaban J connectivity index is 1.49. The molecule has 0 spiro atoms. The summed E-state index contributed by atoms with van der Waals surface area (Å²) < 4.78 is 0. The molecule has 2 N–H and O–H groups in total. The van der Waals surface area contributed by atoms with Crippen LogP contribution in [0.25, 0.3) is 0 Å². The minimum Gasteiger partial charge on any atom is -0.481 e. The fourth-order valence-electron chi connectivity index (χ4n) is 3.38. The van der Waals surface area contributed by atoms with Gasteiger partial charge in [-0.05, 0) is 37.5 Å². The van der Waals surface area contributed by atoms with Gasteiger partial charge in [-0.25, -0.2) is 4.79 Å². The number of nitrogens with one attached hydrogen (secondary N) is 1. The van der Waals surface area contributed by atoms with Crippen LogP contribution in [0, 0.1) is 5.92 Å². The van der Waals surface area contributed by atoms with Crippen LogP contribution in [0.4, 0.5) is 10.5 Å². The van der Waals surface area contributed by atoms with Gasteiger partial charge in [0, 0.05) is 42.9 Å². The molecule has 130 valence electrons. The number of carbonyl (C=O) groups excluding carboxylic acids is 1. The first kappa shape index (κ1) is 16.9. The van der Waals surface area contributed by atoms with E-state index in [4.69, 9.17) is 16.7 Å². The van der Waals surface area contributed by atoms with E-state index in [-0.39, 0.29) is 18.0 Å². The molecule has 1 aromatic rings. The van der Waals surface area contributed by atoms with Gasteiger partial charge in [0.1, 0.15) is 0 Å². The fraction of sp³-hybridized carbons (Fsp3) is 0.529. The van der Waals surface area contributed by atoms with Gasteiger partial charge in [0.25, 0.3) is 0 Å². The normalized spacial score (nSPS) is 21.8. The van der Waals surface area contributed by atoms with Gasteiger partial charge in [0.2, 0.25) is 0 Å². The maximum absolute atomic E-state index is 12.4. The first-order chi connectivity index (χ1) is 11.5. The number of carbonyl (C=O) groups is 2. The molecule has 1 atom stereocenters. The number of likely N-dealkylation sites (tertiary alicyclic amines) is 1. The number of nitrogens with zero attached hydrogens (tertiary/aromatic N) is 2. The summed E-state index contributed by atoms with van der Waals surface area (Å²) in [6, 6.07) is 7.75. The van der Waals surface area contributed by atoms with Crippen molar-refractivity contribution in [2.45, 2.75) is 25.3 Å². The minimum atomic E-state index is -0.761. The van der Waals surface area contributed by atoms with Crippen molar-refractivity contribution in [1.29, 1.82) is 0 Å². The van der Waals surface area contributed by atoms with Gasteiger partial charge < -0.3 is 20.2 Å².